The highest BCUT2D eigenvalue weighted by Crippen LogP contribution is 2.34. The Kier molecular flexibility index (Phi) is 3.29. The molecule has 1 N–H and O–H groups in total. The molecule has 0 aliphatic carbocycles. The highest BCUT2D eigenvalue weighted by molar-refractivity contribution is 6.15. The van der Waals surface area contributed by atoms with Gasteiger partial charge in [0.15, 0.2) is 5.78 Å². The molecule has 2 rings (SSSR count). The van der Waals surface area contributed by atoms with E-state index in [0.29, 0.717) is 6.07 Å². The summed E-state index contributed by atoms with van der Waals surface area (Å²) in [5.74, 6) is -4.86. The number of Topliss-reactive ketones (excluding diaryl/α,β-unsaturated/α-hetero) is 1. The number of halogens is 2. The van der Waals surface area contributed by atoms with Crippen molar-refractivity contribution >= 4 is 17.5 Å². The standard InChI is InChI=1S/C13H11F2NO4/c1-6-11(8-3-9(14)5-10(15)4-8)16-20-13(6,7(2)17)12(18)19/h3-6H,1-2H3,(H,18,19). The number of ketones is 1. The summed E-state index contributed by atoms with van der Waals surface area (Å²) in [7, 11) is 0. The Balaban J connectivity index is 2.47. The minimum atomic E-state index is -2.15. The molecule has 0 fully saturated rings. The van der Waals surface area contributed by atoms with Gasteiger partial charge in [0.2, 0.25) is 0 Å². The number of carboxylic acids is 1. The molecule has 2 atom stereocenters. The van der Waals surface area contributed by atoms with Crippen LogP contribution in [0.1, 0.15) is 19.4 Å². The highest BCUT2D eigenvalue weighted by atomic mass is 19.1. The van der Waals surface area contributed by atoms with Crippen LogP contribution < -0.4 is 0 Å². The van der Waals surface area contributed by atoms with Gasteiger partial charge in [0.05, 0.1) is 11.6 Å². The number of aliphatic carboxylic acids is 1. The first kappa shape index (κ1) is 14.1. The highest BCUT2D eigenvalue weighted by Gasteiger charge is 2.57. The van der Waals surface area contributed by atoms with Crippen molar-refractivity contribution in [2.45, 2.75) is 19.4 Å². The molecule has 1 aromatic carbocycles. The van der Waals surface area contributed by atoms with Crippen LogP contribution in [0.4, 0.5) is 8.78 Å². The van der Waals surface area contributed by atoms with E-state index in [2.05, 4.69) is 5.16 Å². The maximum Gasteiger partial charge on any atom is 0.359 e. The number of carbonyl (C=O) groups excluding carboxylic acids is 1. The summed E-state index contributed by atoms with van der Waals surface area (Å²) >= 11 is 0. The van der Waals surface area contributed by atoms with Crippen molar-refractivity contribution in [2.24, 2.45) is 11.1 Å². The number of carboxylic acid groups (broad SMARTS) is 1. The molecule has 1 aliphatic rings. The van der Waals surface area contributed by atoms with Crippen molar-refractivity contribution in [1.29, 1.82) is 0 Å². The minimum Gasteiger partial charge on any atom is -0.478 e. The molecule has 0 saturated heterocycles. The molecule has 0 amide bonds. The third-order valence-corrected chi connectivity index (χ3v) is 3.31. The van der Waals surface area contributed by atoms with E-state index in [-0.39, 0.29) is 11.3 Å². The fourth-order valence-corrected chi connectivity index (χ4v) is 2.22. The molecular weight excluding hydrogens is 272 g/mol. The molecule has 20 heavy (non-hydrogen) atoms. The lowest BCUT2D eigenvalue weighted by Crippen LogP contribution is -2.51. The van der Waals surface area contributed by atoms with Crippen LogP contribution in [0.5, 0.6) is 0 Å². The molecule has 2 unspecified atom stereocenters. The average molecular weight is 283 g/mol. The number of hydrogen-bond acceptors (Lipinski definition) is 4. The summed E-state index contributed by atoms with van der Waals surface area (Å²) in [6, 6.07) is 2.68. The van der Waals surface area contributed by atoms with Crippen molar-refractivity contribution in [3.05, 3.63) is 35.4 Å². The SMILES string of the molecule is CC(=O)C1(C(=O)O)ON=C(c2cc(F)cc(F)c2)C1C. The zero-order chi connectivity index (χ0) is 15.1. The molecule has 1 aliphatic heterocycles. The molecule has 0 saturated carbocycles. The maximum atomic E-state index is 13.2. The van der Waals surface area contributed by atoms with Gasteiger partial charge in [0.25, 0.3) is 5.60 Å². The molecule has 0 aromatic heterocycles. The van der Waals surface area contributed by atoms with Crippen molar-refractivity contribution in [3.8, 4) is 0 Å². The molecular formula is C13H11F2NO4. The van der Waals surface area contributed by atoms with Crippen molar-refractivity contribution in [3.63, 3.8) is 0 Å². The van der Waals surface area contributed by atoms with E-state index in [1.54, 1.807) is 0 Å². The second-order valence-corrected chi connectivity index (χ2v) is 4.54. The van der Waals surface area contributed by atoms with Crippen LogP contribution in [0.15, 0.2) is 23.4 Å². The van der Waals surface area contributed by atoms with Crippen molar-refractivity contribution in [2.75, 3.05) is 0 Å². The van der Waals surface area contributed by atoms with E-state index in [1.165, 1.54) is 6.92 Å². The lowest BCUT2D eigenvalue weighted by atomic mass is 9.81. The van der Waals surface area contributed by atoms with Gasteiger partial charge in [0, 0.05) is 11.6 Å². The maximum absolute atomic E-state index is 13.2. The quantitative estimate of drug-likeness (QED) is 0.857. The van der Waals surface area contributed by atoms with Gasteiger partial charge in [-0.3, -0.25) is 4.79 Å². The summed E-state index contributed by atoms with van der Waals surface area (Å²) in [5.41, 5.74) is -2.10. The van der Waals surface area contributed by atoms with E-state index < -0.39 is 34.9 Å². The van der Waals surface area contributed by atoms with Crippen molar-refractivity contribution in [1.82, 2.24) is 0 Å². The van der Waals surface area contributed by atoms with E-state index in [0.717, 1.165) is 19.1 Å². The Morgan fingerprint density at radius 2 is 1.85 bits per heavy atom. The van der Waals surface area contributed by atoms with Crippen molar-refractivity contribution < 1.29 is 28.3 Å². The van der Waals surface area contributed by atoms with Gasteiger partial charge >= 0.3 is 5.97 Å². The predicted molar refractivity (Wildman–Crippen MR) is 64.2 cm³/mol. The van der Waals surface area contributed by atoms with E-state index >= 15 is 0 Å². The Morgan fingerprint density at radius 1 is 1.30 bits per heavy atom. The first-order valence-corrected chi connectivity index (χ1v) is 5.76. The van der Waals surface area contributed by atoms with Gasteiger partial charge in [-0.2, -0.15) is 0 Å². The number of rotatable bonds is 3. The molecule has 106 valence electrons. The van der Waals surface area contributed by atoms with Crippen LogP contribution in [0.2, 0.25) is 0 Å². The number of benzene rings is 1. The van der Waals surface area contributed by atoms with E-state index in [9.17, 15) is 23.5 Å². The third kappa shape index (κ3) is 1.95. The zero-order valence-electron chi connectivity index (χ0n) is 10.7. The van der Waals surface area contributed by atoms with Crippen LogP contribution in [-0.2, 0) is 14.4 Å². The minimum absolute atomic E-state index is 0.0148. The van der Waals surface area contributed by atoms with Crippen LogP contribution in [0, 0.1) is 17.6 Å². The number of oxime groups is 1. The lowest BCUT2D eigenvalue weighted by molar-refractivity contribution is -0.171. The molecule has 0 radical (unpaired) electrons. The summed E-state index contributed by atoms with van der Waals surface area (Å²) < 4.78 is 26.4. The number of hydrogen-bond donors (Lipinski definition) is 1. The summed E-state index contributed by atoms with van der Waals surface area (Å²) in [4.78, 5) is 27.7. The molecule has 1 heterocycles. The molecule has 0 spiro atoms. The van der Waals surface area contributed by atoms with Gasteiger partial charge in [-0.25, -0.2) is 13.6 Å². The first-order valence-electron chi connectivity index (χ1n) is 5.76. The zero-order valence-corrected chi connectivity index (χ0v) is 10.7. The fraction of sp³-hybridized carbons (Fsp3) is 0.308. The smallest absolute Gasteiger partial charge is 0.359 e. The summed E-state index contributed by atoms with van der Waals surface area (Å²) in [5, 5.41) is 12.8. The van der Waals surface area contributed by atoms with E-state index in [4.69, 9.17) is 4.84 Å². The number of nitrogens with zero attached hydrogens (tertiary/aromatic N) is 1. The van der Waals surface area contributed by atoms with Gasteiger partial charge < -0.3 is 9.94 Å². The summed E-state index contributed by atoms with van der Waals surface area (Å²) in [6.07, 6.45) is 0. The lowest BCUT2D eigenvalue weighted by Gasteiger charge is -2.23. The van der Waals surface area contributed by atoms with Crippen LogP contribution in [-0.4, -0.2) is 28.2 Å². The van der Waals surface area contributed by atoms with Crippen LogP contribution >= 0.6 is 0 Å². The predicted octanol–water partition coefficient (Wildman–Crippen LogP) is 1.75. The molecule has 0 bridgehead atoms. The topological polar surface area (TPSA) is 76.0 Å². The Hall–Kier alpha value is -2.31. The summed E-state index contributed by atoms with van der Waals surface area (Å²) in [6.45, 7) is 2.47. The monoisotopic (exact) mass is 283 g/mol. The third-order valence-electron chi connectivity index (χ3n) is 3.31. The van der Waals surface area contributed by atoms with Gasteiger partial charge in [-0.15, -0.1) is 0 Å². The molecule has 5 nitrogen and oxygen atoms in total. The molecule has 7 heteroatoms. The van der Waals surface area contributed by atoms with Gasteiger partial charge in [-0.1, -0.05) is 12.1 Å². The normalized spacial score (nSPS) is 25.0. The Bertz CT molecular complexity index is 593. The Morgan fingerprint density at radius 3 is 2.25 bits per heavy atom. The Labute approximate surface area is 112 Å². The largest absolute Gasteiger partial charge is 0.478 e. The van der Waals surface area contributed by atoms with E-state index in [1.807, 2.05) is 0 Å². The second kappa shape index (κ2) is 4.66. The van der Waals surface area contributed by atoms with Gasteiger partial charge in [-0.05, 0) is 19.1 Å². The number of carbonyl (C=O) groups is 2. The average Bonchev–Trinajstić information content (AvgIpc) is 2.66. The second-order valence-electron chi connectivity index (χ2n) is 4.54. The fourth-order valence-electron chi connectivity index (χ4n) is 2.22. The molecule has 1 aromatic rings. The van der Waals surface area contributed by atoms with Crippen LogP contribution in [0.3, 0.4) is 0 Å². The van der Waals surface area contributed by atoms with Crippen LogP contribution in [0.25, 0.3) is 0 Å². The first-order chi connectivity index (χ1) is 9.29. The van der Waals surface area contributed by atoms with Gasteiger partial charge in [0.1, 0.15) is 11.6 Å².